The molecule has 2 heterocycles. The highest BCUT2D eigenvalue weighted by atomic mass is 32.3. The maximum atomic E-state index is 12.6. The second-order valence-electron chi connectivity index (χ2n) is 4.74. The zero-order chi connectivity index (χ0) is 14.0. The topological polar surface area (TPSA) is 72.3 Å². The van der Waals surface area contributed by atoms with Gasteiger partial charge in [0.15, 0.2) is 0 Å². The van der Waals surface area contributed by atoms with Crippen molar-refractivity contribution in [2.75, 3.05) is 17.2 Å². The van der Waals surface area contributed by atoms with Gasteiger partial charge in [-0.05, 0) is 6.42 Å². The summed E-state index contributed by atoms with van der Waals surface area (Å²) in [5.74, 6) is -1.28. The van der Waals surface area contributed by atoms with Gasteiger partial charge in [0.2, 0.25) is 5.91 Å². The van der Waals surface area contributed by atoms with Crippen molar-refractivity contribution in [1.29, 1.82) is 0 Å². The van der Waals surface area contributed by atoms with Crippen LogP contribution < -0.4 is 4.90 Å². The average molecular weight is 289 g/mol. The van der Waals surface area contributed by atoms with Crippen molar-refractivity contribution in [3.05, 3.63) is 12.4 Å². The van der Waals surface area contributed by atoms with E-state index in [1.807, 2.05) is 6.92 Å². The Balaban J connectivity index is 2.06. The van der Waals surface area contributed by atoms with Crippen LogP contribution in [0.4, 0.5) is 9.57 Å². The van der Waals surface area contributed by atoms with Gasteiger partial charge in [-0.25, -0.2) is 0 Å². The number of aryl methyl sites for hydroxylation is 1. The Kier molecular flexibility index (Phi) is 3.88. The normalized spacial score (nSPS) is 20.2. The molecule has 0 saturated carbocycles. The second-order valence-corrected chi connectivity index (χ2v) is 6.15. The van der Waals surface area contributed by atoms with Gasteiger partial charge < -0.3 is 4.90 Å². The first kappa shape index (κ1) is 14.0. The molecule has 0 aliphatic carbocycles. The average Bonchev–Trinajstić information content (AvgIpc) is 2.84. The number of amides is 1. The van der Waals surface area contributed by atoms with Crippen LogP contribution >= 0.6 is 0 Å². The Morgan fingerprint density at radius 2 is 2.26 bits per heavy atom. The summed E-state index contributed by atoms with van der Waals surface area (Å²) in [6.07, 6.45) is 4.30. The molecule has 0 radical (unpaired) electrons. The van der Waals surface area contributed by atoms with E-state index in [2.05, 4.69) is 5.10 Å². The van der Waals surface area contributed by atoms with Crippen LogP contribution in [-0.2, 0) is 21.6 Å². The SMILES string of the molecule is CCCn1cc(N2CC(CS(=O)(=O)F)CC2=O)cn1. The molecule has 106 valence electrons. The molecule has 1 amide bonds. The van der Waals surface area contributed by atoms with Gasteiger partial charge in [0.05, 0.1) is 17.6 Å². The highest BCUT2D eigenvalue weighted by molar-refractivity contribution is 7.86. The van der Waals surface area contributed by atoms with Crippen LogP contribution in [0.2, 0.25) is 0 Å². The highest BCUT2D eigenvalue weighted by Gasteiger charge is 2.34. The second kappa shape index (κ2) is 5.28. The van der Waals surface area contributed by atoms with Gasteiger partial charge in [-0.1, -0.05) is 6.92 Å². The largest absolute Gasteiger partial charge is 0.309 e. The van der Waals surface area contributed by atoms with E-state index in [9.17, 15) is 17.1 Å². The summed E-state index contributed by atoms with van der Waals surface area (Å²) in [5.41, 5.74) is 0.636. The van der Waals surface area contributed by atoms with E-state index in [1.54, 1.807) is 17.1 Å². The highest BCUT2D eigenvalue weighted by Crippen LogP contribution is 2.25. The summed E-state index contributed by atoms with van der Waals surface area (Å²) in [6.45, 7) is 2.99. The molecule has 1 aliphatic rings. The molecule has 19 heavy (non-hydrogen) atoms. The molecular weight excluding hydrogens is 273 g/mol. The van der Waals surface area contributed by atoms with Crippen LogP contribution in [0.3, 0.4) is 0 Å². The van der Waals surface area contributed by atoms with E-state index in [4.69, 9.17) is 0 Å². The lowest BCUT2D eigenvalue weighted by Crippen LogP contribution is -2.25. The summed E-state index contributed by atoms with van der Waals surface area (Å²) >= 11 is 0. The summed E-state index contributed by atoms with van der Waals surface area (Å²) in [5, 5.41) is 4.12. The molecule has 1 atom stereocenters. The molecular formula is C11H16FN3O3S. The van der Waals surface area contributed by atoms with Crippen molar-refractivity contribution in [1.82, 2.24) is 9.78 Å². The number of carbonyl (C=O) groups is 1. The Hall–Kier alpha value is -1.44. The van der Waals surface area contributed by atoms with Crippen molar-refractivity contribution in [3.8, 4) is 0 Å². The molecule has 2 rings (SSSR count). The quantitative estimate of drug-likeness (QED) is 0.756. The number of nitrogens with zero attached hydrogens (tertiary/aromatic N) is 3. The summed E-state index contributed by atoms with van der Waals surface area (Å²) in [6, 6.07) is 0. The van der Waals surface area contributed by atoms with Crippen LogP contribution in [0.25, 0.3) is 0 Å². The Labute approximate surface area is 111 Å². The maximum Gasteiger partial charge on any atom is 0.302 e. The summed E-state index contributed by atoms with van der Waals surface area (Å²) in [4.78, 5) is 13.3. The predicted octanol–water partition coefficient (Wildman–Crippen LogP) is 0.945. The van der Waals surface area contributed by atoms with Gasteiger partial charge >= 0.3 is 10.2 Å². The number of rotatable bonds is 5. The lowest BCUT2D eigenvalue weighted by Gasteiger charge is -2.13. The third-order valence-corrected chi connectivity index (χ3v) is 3.89. The van der Waals surface area contributed by atoms with E-state index in [0.717, 1.165) is 13.0 Å². The first-order valence-corrected chi connectivity index (χ1v) is 7.69. The van der Waals surface area contributed by atoms with Crippen molar-refractivity contribution < 1.29 is 17.1 Å². The lowest BCUT2D eigenvalue weighted by atomic mass is 10.1. The molecule has 8 heteroatoms. The fraction of sp³-hybridized carbons (Fsp3) is 0.636. The Bertz CT molecular complexity index is 569. The standard InChI is InChI=1S/C11H16FN3O3S/c1-2-3-14-7-10(5-13-14)15-6-9(4-11(15)16)8-19(12,17)18/h5,7,9H,2-4,6,8H2,1H3. The summed E-state index contributed by atoms with van der Waals surface area (Å²) in [7, 11) is -4.54. The van der Waals surface area contributed by atoms with Crippen molar-refractivity contribution in [2.45, 2.75) is 26.3 Å². The Morgan fingerprint density at radius 1 is 1.53 bits per heavy atom. The molecule has 0 N–H and O–H groups in total. The number of carbonyl (C=O) groups excluding carboxylic acids is 1. The zero-order valence-corrected chi connectivity index (χ0v) is 11.4. The molecule has 1 aromatic rings. The molecule has 1 saturated heterocycles. The number of hydrogen-bond donors (Lipinski definition) is 0. The van der Waals surface area contributed by atoms with Crippen LogP contribution in [0.1, 0.15) is 19.8 Å². The molecule has 0 aromatic carbocycles. The molecule has 1 aromatic heterocycles. The van der Waals surface area contributed by atoms with Gasteiger partial charge in [-0.2, -0.15) is 13.5 Å². The smallest absolute Gasteiger partial charge is 0.302 e. The van der Waals surface area contributed by atoms with Gasteiger partial charge in [0.25, 0.3) is 0 Å². The first-order chi connectivity index (χ1) is 8.89. The number of hydrogen-bond acceptors (Lipinski definition) is 4. The molecule has 0 spiro atoms. The van der Waals surface area contributed by atoms with Gasteiger partial charge in [0.1, 0.15) is 0 Å². The fourth-order valence-electron chi connectivity index (χ4n) is 2.27. The van der Waals surface area contributed by atoms with Gasteiger partial charge in [0, 0.05) is 31.6 Å². The van der Waals surface area contributed by atoms with E-state index in [0.29, 0.717) is 5.69 Å². The number of anilines is 1. The zero-order valence-electron chi connectivity index (χ0n) is 10.6. The van der Waals surface area contributed by atoms with Crippen LogP contribution in [0, 0.1) is 5.92 Å². The lowest BCUT2D eigenvalue weighted by molar-refractivity contribution is -0.117. The van der Waals surface area contributed by atoms with Crippen molar-refractivity contribution in [3.63, 3.8) is 0 Å². The van der Waals surface area contributed by atoms with Gasteiger partial charge in [-0.15, -0.1) is 3.89 Å². The number of aromatic nitrogens is 2. The molecule has 1 fully saturated rings. The monoisotopic (exact) mass is 289 g/mol. The van der Waals surface area contributed by atoms with E-state index in [-0.39, 0.29) is 18.9 Å². The van der Waals surface area contributed by atoms with Crippen molar-refractivity contribution >= 4 is 21.8 Å². The van der Waals surface area contributed by atoms with E-state index < -0.39 is 21.9 Å². The molecule has 1 unspecified atom stereocenters. The third kappa shape index (κ3) is 3.52. The first-order valence-electron chi connectivity index (χ1n) is 6.14. The van der Waals surface area contributed by atoms with Crippen LogP contribution in [0.15, 0.2) is 12.4 Å². The van der Waals surface area contributed by atoms with E-state index >= 15 is 0 Å². The minimum Gasteiger partial charge on any atom is -0.309 e. The predicted molar refractivity (Wildman–Crippen MR) is 67.9 cm³/mol. The van der Waals surface area contributed by atoms with Gasteiger partial charge in [-0.3, -0.25) is 9.48 Å². The fourth-order valence-corrected chi connectivity index (χ4v) is 3.05. The maximum absolute atomic E-state index is 12.6. The van der Waals surface area contributed by atoms with Crippen LogP contribution in [0.5, 0.6) is 0 Å². The number of halogens is 1. The third-order valence-electron chi connectivity index (χ3n) is 3.02. The van der Waals surface area contributed by atoms with Crippen molar-refractivity contribution in [2.24, 2.45) is 5.92 Å². The molecule has 0 bridgehead atoms. The Morgan fingerprint density at radius 3 is 2.89 bits per heavy atom. The molecule has 1 aliphatic heterocycles. The minimum absolute atomic E-state index is 0.0576. The summed E-state index contributed by atoms with van der Waals surface area (Å²) < 4.78 is 35.6. The van der Waals surface area contributed by atoms with E-state index in [1.165, 1.54) is 4.90 Å². The molecule has 6 nitrogen and oxygen atoms in total. The minimum atomic E-state index is -4.54. The van der Waals surface area contributed by atoms with Crippen LogP contribution in [-0.4, -0.2) is 36.4 Å².